The van der Waals surface area contributed by atoms with E-state index in [1.165, 1.54) is 36.4 Å². The number of alkyl halides is 3. The molecule has 2 heterocycles. The molecule has 4 rings (SSSR count). The number of carbonyl (C=O) groups excluding carboxylic acids is 1. The highest BCUT2D eigenvalue weighted by Gasteiger charge is 2.32. The highest BCUT2D eigenvalue weighted by atomic mass is 19.4. The fourth-order valence-corrected chi connectivity index (χ4v) is 4.74. The van der Waals surface area contributed by atoms with Gasteiger partial charge >= 0.3 is 6.18 Å². The maximum atomic E-state index is 13.2. The third-order valence-corrected chi connectivity index (χ3v) is 6.40. The SMILES string of the molecule is Cc1[nH]c2ccc(C(F)(F)F)cc2c1C1CCN(CCCC(=O)c2ccc(F)cc2)CC1. The van der Waals surface area contributed by atoms with E-state index in [4.69, 9.17) is 0 Å². The number of hydrogen-bond acceptors (Lipinski definition) is 2. The van der Waals surface area contributed by atoms with Gasteiger partial charge in [-0.2, -0.15) is 13.2 Å². The Morgan fingerprint density at radius 1 is 1.09 bits per heavy atom. The molecule has 1 aromatic heterocycles. The van der Waals surface area contributed by atoms with Gasteiger partial charge in [-0.1, -0.05) is 0 Å². The van der Waals surface area contributed by atoms with Crippen molar-refractivity contribution in [2.24, 2.45) is 0 Å². The maximum Gasteiger partial charge on any atom is 0.416 e. The zero-order valence-electron chi connectivity index (χ0n) is 17.9. The smallest absolute Gasteiger partial charge is 0.358 e. The number of aromatic nitrogens is 1. The number of benzene rings is 2. The number of nitrogens with one attached hydrogen (secondary N) is 1. The molecule has 32 heavy (non-hydrogen) atoms. The number of aromatic amines is 1. The minimum atomic E-state index is -4.36. The van der Waals surface area contributed by atoms with Crippen molar-refractivity contribution in [3.63, 3.8) is 0 Å². The summed E-state index contributed by atoms with van der Waals surface area (Å²) >= 11 is 0. The van der Waals surface area contributed by atoms with Crippen molar-refractivity contribution in [1.82, 2.24) is 9.88 Å². The van der Waals surface area contributed by atoms with Gasteiger partial charge in [0.2, 0.25) is 0 Å². The summed E-state index contributed by atoms with van der Waals surface area (Å²) in [7, 11) is 0. The molecule has 3 aromatic rings. The van der Waals surface area contributed by atoms with Crippen molar-refractivity contribution < 1.29 is 22.4 Å². The van der Waals surface area contributed by atoms with Crippen molar-refractivity contribution in [3.05, 3.63) is 70.7 Å². The van der Waals surface area contributed by atoms with Crippen molar-refractivity contribution >= 4 is 16.7 Å². The molecule has 0 bridgehead atoms. The van der Waals surface area contributed by atoms with E-state index in [2.05, 4.69) is 9.88 Å². The number of fused-ring (bicyclic) bond motifs is 1. The predicted molar refractivity (Wildman–Crippen MR) is 116 cm³/mol. The highest BCUT2D eigenvalue weighted by Crippen LogP contribution is 2.38. The molecule has 0 aliphatic carbocycles. The first-order valence-electron chi connectivity index (χ1n) is 10.9. The van der Waals surface area contributed by atoms with Gasteiger partial charge in [-0.3, -0.25) is 4.79 Å². The molecule has 170 valence electrons. The first kappa shape index (κ1) is 22.5. The third kappa shape index (κ3) is 4.88. The van der Waals surface area contributed by atoms with Crippen LogP contribution < -0.4 is 0 Å². The Kier molecular flexibility index (Phi) is 6.38. The number of nitrogens with zero attached hydrogens (tertiary/aromatic N) is 1. The van der Waals surface area contributed by atoms with Crippen LogP contribution in [-0.4, -0.2) is 35.3 Å². The Morgan fingerprint density at radius 2 is 1.78 bits per heavy atom. The van der Waals surface area contributed by atoms with Gasteiger partial charge < -0.3 is 9.88 Å². The van der Waals surface area contributed by atoms with Gasteiger partial charge in [-0.15, -0.1) is 0 Å². The zero-order valence-corrected chi connectivity index (χ0v) is 17.9. The zero-order chi connectivity index (χ0) is 22.9. The van der Waals surface area contributed by atoms with Crippen LogP contribution >= 0.6 is 0 Å². The molecule has 7 heteroatoms. The van der Waals surface area contributed by atoms with E-state index in [0.29, 0.717) is 17.4 Å². The topological polar surface area (TPSA) is 36.1 Å². The Balaban J connectivity index is 1.34. The van der Waals surface area contributed by atoms with Crippen LogP contribution in [0.4, 0.5) is 17.6 Å². The Bertz CT molecular complexity index is 1090. The fraction of sp³-hybridized carbons (Fsp3) is 0.400. The second-order valence-corrected chi connectivity index (χ2v) is 8.57. The average molecular weight is 446 g/mol. The number of halogens is 4. The summed E-state index contributed by atoms with van der Waals surface area (Å²) in [5.74, 6) is -0.136. The second kappa shape index (κ2) is 9.06. The van der Waals surface area contributed by atoms with Crippen molar-refractivity contribution in [2.45, 2.75) is 44.7 Å². The van der Waals surface area contributed by atoms with E-state index in [1.807, 2.05) is 6.92 Å². The molecule has 1 saturated heterocycles. The molecule has 0 amide bonds. The summed E-state index contributed by atoms with van der Waals surface area (Å²) in [5.41, 5.74) is 2.58. The Labute approximate surface area is 184 Å². The van der Waals surface area contributed by atoms with E-state index in [-0.39, 0.29) is 17.5 Å². The van der Waals surface area contributed by atoms with E-state index in [9.17, 15) is 22.4 Å². The number of Topliss-reactive ketones (excluding diaryl/α,β-unsaturated/α-hetero) is 1. The van der Waals surface area contributed by atoms with E-state index in [1.54, 1.807) is 0 Å². The van der Waals surface area contributed by atoms with Gasteiger partial charge in [0, 0.05) is 28.6 Å². The second-order valence-electron chi connectivity index (χ2n) is 8.57. The van der Waals surface area contributed by atoms with E-state index >= 15 is 0 Å². The lowest BCUT2D eigenvalue weighted by molar-refractivity contribution is -0.137. The standard InChI is InChI=1S/C25H26F4N2O/c1-16-24(21-15-19(25(27,28)29)6-9-22(21)30-16)18-10-13-31(14-11-18)12-2-3-23(32)17-4-7-20(26)8-5-17/h4-9,15,18,30H,2-3,10-14H2,1H3. The van der Waals surface area contributed by atoms with Crippen LogP contribution in [-0.2, 0) is 6.18 Å². The lowest BCUT2D eigenvalue weighted by atomic mass is 9.87. The van der Waals surface area contributed by atoms with Crippen LogP contribution in [0.2, 0.25) is 0 Å². The lowest BCUT2D eigenvalue weighted by Crippen LogP contribution is -2.34. The molecule has 0 atom stereocenters. The summed E-state index contributed by atoms with van der Waals surface area (Å²) in [6.45, 7) is 4.42. The van der Waals surface area contributed by atoms with E-state index in [0.717, 1.165) is 61.7 Å². The molecule has 1 fully saturated rings. The van der Waals surface area contributed by atoms with Gasteiger partial charge in [0.05, 0.1) is 5.56 Å². The average Bonchev–Trinajstić information content (AvgIpc) is 3.09. The van der Waals surface area contributed by atoms with E-state index < -0.39 is 11.7 Å². The quantitative estimate of drug-likeness (QED) is 0.348. The number of hydrogen-bond donors (Lipinski definition) is 1. The number of likely N-dealkylation sites (tertiary alicyclic amines) is 1. The van der Waals surface area contributed by atoms with Crippen LogP contribution in [0.5, 0.6) is 0 Å². The lowest BCUT2D eigenvalue weighted by Gasteiger charge is -2.32. The predicted octanol–water partition coefficient (Wildman–Crippen LogP) is 6.48. The number of rotatable bonds is 6. The summed E-state index contributed by atoms with van der Waals surface area (Å²) in [6, 6.07) is 9.51. The molecule has 0 radical (unpaired) electrons. The van der Waals surface area contributed by atoms with Crippen LogP contribution in [0.25, 0.3) is 10.9 Å². The molecule has 0 saturated carbocycles. The van der Waals surface area contributed by atoms with Crippen molar-refractivity contribution in [3.8, 4) is 0 Å². The Hall–Kier alpha value is -2.67. The van der Waals surface area contributed by atoms with Crippen LogP contribution in [0, 0.1) is 12.7 Å². The molecule has 1 N–H and O–H groups in total. The molecular weight excluding hydrogens is 420 g/mol. The molecule has 0 unspecified atom stereocenters. The molecule has 1 aliphatic heterocycles. The van der Waals surface area contributed by atoms with Gasteiger partial charge in [0.15, 0.2) is 5.78 Å². The minimum Gasteiger partial charge on any atom is -0.358 e. The monoisotopic (exact) mass is 446 g/mol. The largest absolute Gasteiger partial charge is 0.416 e. The van der Waals surface area contributed by atoms with Gasteiger partial charge in [0.25, 0.3) is 0 Å². The van der Waals surface area contributed by atoms with Crippen LogP contribution in [0.3, 0.4) is 0 Å². The van der Waals surface area contributed by atoms with Crippen LogP contribution in [0.1, 0.15) is 58.8 Å². The summed E-state index contributed by atoms with van der Waals surface area (Å²) < 4.78 is 52.6. The highest BCUT2D eigenvalue weighted by molar-refractivity contribution is 5.96. The Morgan fingerprint density at radius 3 is 2.44 bits per heavy atom. The number of piperidine rings is 1. The normalized spacial score (nSPS) is 16.0. The summed E-state index contributed by atoms with van der Waals surface area (Å²) in [5, 5.41) is 0.667. The fourth-order valence-electron chi connectivity index (χ4n) is 4.74. The third-order valence-electron chi connectivity index (χ3n) is 6.40. The molecule has 1 aliphatic rings. The van der Waals surface area contributed by atoms with Gasteiger partial charge in [0.1, 0.15) is 5.82 Å². The summed E-state index contributed by atoms with van der Waals surface area (Å²) in [6.07, 6.45) is -1.48. The number of aryl methyl sites for hydroxylation is 1. The van der Waals surface area contributed by atoms with Crippen molar-refractivity contribution in [1.29, 1.82) is 0 Å². The first-order valence-corrected chi connectivity index (χ1v) is 10.9. The maximum absolute atomic E-state index is 13.2. The van der Waals surface area contributed by atoms with Crippen LogP contribution in [0.15, 0.2) is 42.5 Å². The van der Waals surface area contributed by atoms with Crippen molar-refractivity contribution in [2.75, 3.05) is 19.6 Å². The summed E-state index contributed by atoms with van der Waals surface area (Å²) in [4.78, 5) is 17.8. The molecule has 0 spiro atoms. The van der Waals surface area contributed by atoms with Gasteiger partial charge in [-0.05, 0) is 99.8 Å². The minimum absolute atomic E-state index is 0.00905. The number of carbonyl (C=O) groups is 1. The number of ketones is 1. The molecular formula is C25H26F4N2O. The molecule has 2 aromatic carbocycles. The first-order chi connectivity index (χ1) is 15.2. The number of H-pyrrole nitrogens is 1. The van der Waals surface area contributed by atoms with Gasteiger partial charge in [-0.25, -0.2) is 4.39 Å². The molecule has 3 nitrogen and oxygen atoms in total.